The molecule has 128 valence electrons. The first-order valence-electron chi connectivity index (χ1n) is 8.03. The van der Waals surface area contributed by atoms with Crippen molar-refractivity contribution in [3.05, 3.63) is 65.8 Å². The summed E-state index contributed by atoms with van der Waals surface area (Å²) in [4.78, 5) is 16.3. The van der Waals surface area contributed by atoms with Gasteiger partial charge in [-0.05, 0) is 43.7 Å². The Kier molecular flexibility index (Phi) is 5.09. The van der Waals surface area contributed by atoms with Crippen LogP contribution in [-0.4, -0.2) is 16.0 Å². The molecule has 0 saturated heterocycles. The molecule has 1 amide bonds. The highest BCUT2D eigenvalue weighted by molar-refractivity contribution is 5.92. The monoisotopic (exact) mass is 337 g/mol. The first kappa shape index (κ1) is 16.7. The number of nitrogens with one attached hydrogen (secondary N) is 1. The summed E-state index contributed by atoms with van der Waals surface area (Å²) in [5, 5.41) is 6.58. The molecule has 0 atom stereocenters. The van der Waals surface area contributed by atoms with Crippen molar-refractivity contribution in [2.24, 2.45) is 0 Å². The van der Waals surface area contributed by atoms with E-state index in [0.717, 1.165) is 11.3 Å². The van der Waals surface area contributed by atoms with E-state index in [1.165, 1.54) is 0 Å². The number of anilines is 1. The van der Waals surface area contributed by atoms with Gasteiger partial charge in [0.25, 0.3) is 0 Å². The summed E-state index contributed by atoms with van der Waals surface area (Å²) in [6, 6.07) is 15.1. The third-order valence-electron chi connectivity index (χ3n) is 3.51. The summed E-state index contributed by atoms with van der Waals surface area (Å²) < 4.78 is 10.9. The van der Waals surface area contributed by atoms with Gasteiger partial charge >= 0.3 is 0 Å². The molecule has 0 fully saturated rings. The molecular weight excluding hydrogens is 318 g/mol. The topological polar surface area (TPSA) is 77.2 Å². The summed E-state index contributed by atoms with van der Waals surface area (Å²) in [5.41, 5.74) is 1.73. The van der Waals surface area contributed by atoms with Gasteiger partial charge in [0, 0.05) is 12.8 Å². The van der Waals surface area contributed by atoms with Crippen LogP contribution >= 0.6 is 0 Å². The Morgan fingerprint density at radius 2 is 2.00 bits per heavy atom. The lowest BCUT2D eigenvalue weighted by Gasteiger charge is -2.12. The molecule has 0 aliphatic rings. The van der Waals surface area contributed by atoms with Crippen LogP contribution in [0.15, 0.2) is 53.1 Å². The first-order valence-corrected chi connectivity index (χ1v) is 8.03. The van der Waals surface area contributed by atoms with Gasteiger partial charge in [0.2, 0.25) is 11.8 Å². The Labute approximate surface area is 145 Å². The molecule has 0 unspecified atom stereocenters. The summed E-state index contributed by atoms with van der Waals surface area (Å²) in [6.07, 6.45) is 0.647. The van der Waals surface area contributed by atoms with Crippen LogP contribution in [0.25, 0.3) is 0 Å². The van der Waals surface area contributed by atoms with Crippen LogP contribution in [0.5, 0.6) is 11.5 Å². The number of benzene rings is 2. The highest BCUT2D eigenvalue weighted by Gasteiger charge is 2.11. The fourth-order valence-electron chi connectivity index (χ4n) is 2.34. The van der Waals surface area contributed by atoms with Gasteiger partial charge in [-0.15, -0.1) is 0 Å². The molecule has 6 nitrogen and oxygen atoms in total. The van der Waals surface area contributed by atoms with Crippen molar-refractivity contribution in [1.82, 2.24) is 10.1 Å². The number of carbonyl (C=O) groups excluding carboxylic acids is 1. The maximum Gasteiger partial charge on any atom is 0.227 e. The largest absolute Gasteiger partial charge is 0.455 e. The number of aromatic nitrogens is 2. The zero-order chi connectivity index (χ0) is 17.6. The van der Waals surface area contributed by atoms with E-state index in [9.17, 15) is 4.79 Å². The van der Waals surface area contributed by atoms with E-state index in [4.69, 9.17) is 9.26 Å². The van der Waals surface area contributed by atoms with Crippen LogP contribution in [-0.2, 0) is 11.2 Å². The standard InChI is InChI=1S/C19H19N3O3/c1-13-6-5-7-15(12-13)24-17-9-4-3-8-16(17)21-18(23)10-11-19-20-14(2)22-25-19/h3-9,12H,10-11H2,1-2H3,(H,21,23). The van der Waals surface area contributed by atoms with Crippen LogP contribution in [0.4, 0.5) is 5.69 Å². The average Bonchev–Trinajstić information content (AvgIpc) is 3.00. The van der Waals surface area contributed by atoms with E-state index >= 15 is 0 Å². The lowest BCUT2D eigenvalue weighted by atomic mass is 10.2. The molecule has 1 heterocycles. The minimum Gasteiger partial charge on any atom is -0.455 e. The summed E-state index contributed by atoms with van der Waals surface area (Å²) >= 11 is 0. The third kappa shape index (κ3) is 4.67. The number of amides is 1. The second kappa shape index (κ2) is 7.61. The third-order valence-corrected chi connectivity index (χ3v) is 3.51. The minimum atomic E-state index is -0.142. The molecule has 3 rings (SSSR count). The molecule has 0 spiro atoms. The van der Waals surface area contributed by atoms with Crippen molar-refractivity contribution in [3.8, 4) is 11.5 Å². The van der Waals surface area contributed by atoms with Gasteiger partial charge in [0.15, 0.2) is 11.6 Å². The maximum atomic E-state index is 12.2. The fourth-order valence-corrected chi connectivity index (χ4v) is 2.34. The number of para-hydroxylation sites is 2. The Hall–Kier alpha value is -3.15. The zero-order valence-corrected chi connectivity index (χ0v) is 14.2. The van der Waals surface area contributed by atoms with Crippen molar-refractivity contribution < 1.29 is 14.1 Å². The van der Waals surface area contributed by atoms with Gasteiger partial charge in [-0.3, -0.25) is 4.79 Å². The number of hydrogen-bond acceptors (Lipinski definition) is 5. The van der Waals surface area contributed by atoms with E-state index in [1.807, 2.05) is 49.4 Å². The maximum absolute atomic E-state index is 12.2. The second-order valence-corrected chi connectivity index (χ2v) is 5.70. The predicted octanol–water partition coefficient (Wildman–Crippen LogP) is 4.05. The predicted molar refractivity (Wildman–Crippen MR) is 93.7 cm³/mol. The summed E-state index contributed by atoms with van der Waals surface area (Å²) in [5.74, 6) is 2.19. The van der Waals surface area contributed by atoms with Gasteiger partial charge in [-0.25, -0.2) is 0 Å². The number of ether oxygens (including phenoxy) is 1. The van der Waals surface area contributed by atoms with Crippen LogP contribution < -0.4 is 10.1 Å². The second-order valence-electron chi connectivity index (χ2n) is 5.70. The molecule has 1 aromatic heterocycles. The van der Waals surface area contributed by atoms with E-state index < -0.39 is 0 Å². The van der Waals surface area contributed by atoms with Gasteiger partial charge in [0.1, 0.15) is 5.75 Å². The number of aryl methyl sites for hydroxylation is 3. The molecule has 0 aliphatic carbocycles. The lowest BCUT2D eigenvalue weighted by Crippen LogP contribution is -2.13. The van der Waals surface area contributed by atoms with Gasteiger partial charge in [-0.1, -0.05) is 29.4 Å². The highest BCUT2D eigenvalue weighted by atomic mass is 16.5. The smallest absolute Gasteiger partial charge is 0.227 e. The molecule has 1 N–H and O–H groups in total. The normalized spacial score (nSPS) is 10.5. The zero-order valence-electron chi connectivity index (χ0n) is 14.2. The molecule has 6 heteroatoms. The van der Waals surface area contributed by atoms with Gasteiger partial charge < -0.3 is 14.6 Å². The molecular formula is C19H19N3O3. The SMILES string of the molecule is Cc1cccc(Oc2ccccc2NC(=O)CCc2nc(C)no2)c1. The Balaban J connectivity index is 1.65. The minimum absolute atomic E-state index is 0.142. The molecule has 0 radical (unpaired) electrons. The number of nitrogens with zero attached hydrogens (tertiary/aromatic N) is 2. The molecule has 3 aromatic rings. The lowest BCUT2D eigenvalue weighted by molar-refractivity contribution is -0.116. The van der Waals surface area contributed by atoms with Crippen LogP contribution in [0.2, 0.25) is 0 Å². The fraction of sp³-hybridized carbons (Fsp3) is 0.211. The molecule has 0 saturated carbocycles. The van der Waals surface area contributed by atoms with Crippen molar-refractivity contribution in [1.29, 1.82) is 0 Å². The van der Waals surface area contributed by atoms with Crippen molar-refractivity contribution in [2.45, 2.75) is 26.7 Å². The van der Waals surface area contributed by atoms with E-state index in [1.54, 1.807) is 13.0 Å². The average molecular weight is 337 g/mol. The van der Waals surface area contributed by atoms with Crippen LogP contribution in [0.1, 0.15) is 23.7 Å². The molecule has 0 bridgehead atoms. The van der Waals surface area contributed by atoms with E-state index in [0.29, 0.717) is 29.6 Å². The summed E-state index contributed by atoms with van der Waals surface area (Å²) in [7, 11) is 0. The number of hydrogen-bond donors (Lipinski definition) is 1. The molecule has 25 heavy (non-hydrogen) atoms. The van der Waals surface area contributed by atoms with Gasteiger partial charge in [0.05, 0.1) is 5.69 Å². The van der Waals surface area contributed by atoms with E-state index in [-0.39, 0.29) is 12.3 Å². The van der Waals surface area contributed by atoms with Crippen molar-refractivity contribution in [2.75, 3.05) is 5.32 Å². The Morgan fingerprint density at radius 3 is 2.76 bits per heavy atom. The van der Waals surface area contributed by atoms with Crippen molar-refractivity contribution >= 4 is 11.6 Å². The number of rotatable bonds is 6. The number of carbonyl (C=O) groups is 1. The molecule has 0 aliphatic heterocycles. The Morgan fingerprint density at radius 1 is 1.16 bits per heavy atom. The summed E-state index contributed by atoms with van der Waals surface area (Å²) in [6.45, 7) is 3.74. The van der Waals surface area contributed by atoms with Gasteiger partial charge in [-0.2, -0.15) is 4.98 Å². The quantitative estimate of drug-likeness (QED) is 0.734. The van der Waals surface area contributed by atoms with E-state index in [2.05, 4.69) is 15.5 Å². The Bertz CT molecular complexity index is 874. The van der Waals surface area contributed by atoms with Crippen LogP contribution in [0, 0.1) is 13.8 Å². The highest BCUT2D eigenvalue weighted by Crippen LogP contribution is 2.29. The first-order chi connectivity index (χ1) is 12.1. The molecule has 2 aromatic carbocycles. The van der Waals surface area contributed by atoms with Crippen LogP contribution in [0.3, 0.4) is 0 Å². The van der Waals surface area contributed by atoms with Crippen molar-refractivity contribution in [3.63, 3.8) is 0 Å².